The van der Waals surface area contributed by atoms with Gasteiger partial charge in [-0.25, -0.2) is 0 Å². The van der Waals surface area contributed by atoms with Crippen LogP contribution in [0.3, 0.4) is 0 Å². The van der Waals surface area contributed by atoms with E-state index in [4.69, 9.17) is 0 Å². The summed E-state index contributed by atoms with van der Waals surface area (Å²) in [5.74, 6) is 0.565. The van der Waals surface area contributed by atoms with E-state index in [9.17, 15) is 0 Å². The number of piperazine rings is 1. The Labute approximate surface area is 127 Å². The van der Waals surface area contributed by atoms with Gasteiger partial charge in [0, 0.05) is 25.3 Å². The fourth-order valence-electron chi connectivity index (χ4n) is 3.19. The van der Waals surface area contributed by atoms with Crippen molar-refractivity contribution in [1.82, 2.24) is 5.32 Å². The largest absolute Gasteiger partial charge is 0.368 e. The number of nitrogens with zero attached hydrogens (tertiary/aromatic N) is 1. The molecule has 2 nitrogen and oxygen atoms in total. The van der Waals surface area contributed by atoms with Gasteiger partial charge >= 0.3 is 0 Å². The molecule has 3 rings (SSSR count). The standard InChI is InChI=1S/C19H24N2/c1-15(2)17-10-6-7-11-18(17)19-14-21(13-12-20-19)16-8-4-3-5-9-16/h3-11,15,19-20H,12-14H2,1-2H3. The number of para-hydroxylation sites is 1. The van der Waals surface area contributed by atoms with Crippen molar-refractivity contribution in [2.24, 2.45) is 0 Å². The molecular weight excluding hydrogens is 256 g/mol. The predicted octanol–water partition coefficient (Wildman–Crippen LogP) is 3.96. The maximum absolute atomic E-state index is 3.69. The number of hydrogen-bond donors (Lipinski definition) is 1. The molecule has 1 unspecified atom stereocenters. The highest BCUT2D eigenvalue weighted by molar-refractivity contribution is 5.47. The SMILES string of the molecule is CC(C)c1ccccc1C1CN(c2ccccc2)CCN1. The van der Waals surface area contributed by atoms with Crippen LogP contribution in [-0.4, -0.2) is 19.6 Å². The average Bonchev–Trinajstić information content (AvgIpc) is 2.56. The highest BCUT2D eigenvalue weighted by atomic mass is 15.2. The lowest BCUT2D eigenvalue weighted by molar-refractivity contribution is 0.468. The highest BCUT2D eigenvalue weighted by Gasteiger charge is 2.23. The molecule has 0 aliphatic carbocycles. The molecule has 2 heteroatoms. The Morgan fingerprint density at radius 2 is 1.71 bits per heavy atom. The number of hydrogen-bond acceptors (Lipinski definition) is 2. The molecule has 0 bridgehead atoms. The second-order valence-electron chi connectivity index (χ2n) is 6.07. The summed E-state index contributed by atoms with van der Waals surface area (Å²) < 4.78 is 0. The molecule has 1 saturated heterocycles. The Bertz CT molecular complexity index is 577. The smallest absolute Gasteiger partial charge is 0.0501 e. The van der Waals surface area contributed by atoms with Gasteiger partial charge in [0.05, 0.1) is 6.04 Å². The minimum atomic E-state index is 0.414. The Kier molecular flexibility index (Phi) is 4.26. The first-order valence-electron chi connectivity index (χ1n) is 7.88. The van der Waals surface area contributed by atoms with E-state index in [2.05, 4.69) is 78.7 Å². The van der Waals surface area contributed by atoms with Crippen LogP contribution in [0.5, 0.6) is 0 Å². The molecule has 2 aromatic carbocycles. The zero-order valence-corrected chi connectivity index (χ0v) is 12.9. The first-order valence-corrected chi connectivity index (χ1v) is 7.88. The van der Waals surface area contributed by atoms with Gasteiger partial charge in [0.15, 0.2) is 0 Å². The summed E-state index contributed by atoms with van der Waals surface area (Å²) in [6.45, 7) is 7.69. The van der Waals surface area contributed by atoms with Gasteiger partial charge < -0.3 is 10.2 Å². The fraction of sp³-hybridized carbons (Fsp3) is 0.368. The van der Waals surface area contributed by atoms with Crippen molar-refractivity contribution in [3.63, 3.8) is 0 Å². The van der Waals surface area contributed by atoms with E-state index >= 15 is 0 Å². The third-order valence-corrected chi connectivity index (χ3v) is 4.29. The Morgan fingerprint density at radius 1 is 1.00 bits per heavy atom. The van der Waals surface area contributed by atoms with E-state index in [1.807, 2.05) is 0 Å². The highest BCUT2D eigenvalue weighted by Crippen LogP contribution is 2.28. The maximum atomic E-state index is 3.69. The molecule has 1 aliphatic heterocycles. The lowest BCUT2D eigenvalue weighted by Gasteiger charge is -2.36. The molecule has 1 heterocycles. The van der Waals surface area contributed by atoms with Gasteiger partial charge in [-0.05, 0) is 29.2 Å². The fourth-order valence-corrected chi connectivity index (χ4v) is 3.19. The van der Waals surface area contributed by atoms with Gasteiger partial charge in [-0.3, -0.25) is 0 Å². The first-order chi connectivity index (χ1) is 10.3. The molecule has 1 aliphatic rings. The lowest BCUT2D eigenvalue weighted by atomic mass is 9.92. The summed E-state index contributed by atoms with van der Waals surface area (Å²) >= 11 is 0. The molecule has 110 valence electrons. The Balaban J connectivity index is 1.84. The van der Waals surface area contributed by atoms with E-state index in [1.54, 1.807) is 0 Å². The van der Waals surface area contributed by atoms with Gasteiger partial charge in [0.2, 0.25) is 0 Å². The molecule has 21 heavy (non-hydrogen) atoms. The zero-order valence-electron chi connectivity index (χ0n) is 12.9. The first kappa shape index (κ1) is 14.2. The van der Waals surface area contributed by atoms with Gasteiger partial charge in [-0.2, -0.15) is 0 Å². The molecule has 1 fully saturated rings. The molecule has 0 saturated carbocycles. The van der Waals surface area contributed by atoms with Crippen molar-refractivity contribution < 1.29 is 0 Å². The van der Waals surface area contributed by atoms with Gasteiger partial charge in [-0.1, -0.05) is 56.3 Å². The summed E-state index contributed by atoms with van der Waals surface area (Å²) in [6, 6.07) is 20.0. The van der Waals surface area contributed by atoms with Crippen LogP contribution in [-0.2, 0) is 0 Å². The van der Waals surface area contributed by atoms with E-state index in [0.29, 0.717) is 12.0 Å². The third-order valence-electron chi connectivity index (χ3n) is 4.29. The molecule has 0 radical (unpaired) electrons. The monoisotopic (exact) mass is 280 g/mol. The Hall–Kier alpha value is -1.80. The van der Waals surface area contributed by atoms with Crippen LogP contribution in [0.2, 0.25) is 0 Å². The zero-order chi connectivity index (χ0) is 14.7. The lowest BCUT2D eigenvalue weighted by Crippen LogP contribution is -2.46. The molecule has 1 N–H and O–H groups in total. The topological polar surface area (TPSA) is 15.3 Å². The van der Waals surface area contributed by atoms with Gasteiger partial charge in [0.1, 0.15) is 0 Å². The second-order valence-corrected chi connectivity index (χ2v) is 6.07. The summed E-state index contributed by atoms with van der Waals surface area (Å²) in [5, 5.41) is 3.69. The third kappa shape index (κ3) is 3.11. The van der Waals surface area contributed by atoms with Crippen LogP contribution in [0.4, 0.5) is 5.69 Å². The van der Waals surface area contributed by atoms with Crippen LogP contribution in [0.25, 0.3) is 0 Å². The van der Waals surface area contributed by atoms with E-state index < -0.39 is 0 Å². The number of anilines is 1. The van der Waals surface area contributed by atoms with Gasteiger partial charge in [-0.15, -0.1) is 0 Å². The summed E-state index contributed by atoms with van der Waals surface area (Å²) in [4.78, 5) is 2.48. The number of benzene rings is 2. The maximum Gasteiger partial charge on any atom is 0.0501 e. The minimum absolute atomic E-state index is 0.414. The normalized spacial score (nSPS) is 19.0. The summed E-state index contributed by atoms with van der Waals surface area (Å²) in [7, 11) is 0. The summed E-state index contributed by atoms with van der Waals surface area (Å²) in [5.41, 5.74) is 4.24. The Morgan fingerprint density at radius 3 is 2.48 bits per heavy atom. The number of nitrogens with one attached hydrogen (secondary N) is 1. The molecule has 0 aromatic heterocycles. The summed E-state index contributed by atoms with van der Waals surface area (Å²) in [6.07, 6.45) is 0. The minimum Gasteiger partial charge on any atom is -0.368 e. The van der Waals surface area contributed by atoms with Crippen molar-refractivity contribution in [2.75, 3.05) is 24.5 Å². The molecule has 1 atom stereocenters. The van der Waals surface area contributed by atoms with Crippen molar-refractivity contribution >= 4 is 5.69 Å². The van der Waals surface area contributed by atoms with Crippen LogP contribution in [0.1, 0.15) is 36.9 Å². The number of rotatable bonds is 3. The molecule has 0 spiro atoms. The van der Waals surface area contributed by atoms with E-state index in [-0.39, 0.29) is 0 Å². The predicted molar refractivity (Wildman–Crippen MR) is 89.9 cm³/mol. The van der Waals surface area contributed by atoms with Crippen LogP contribution in [0, 0.1) is 0 Å². The van der Waals surface area contributed by atoms with Crippen LogP contribution >= 0.6 is 0 Å². The van der Waals surface area contributed by atoms with Crippen LogP contribution < -0.4 is 10.2 Å². The second kappa shape index (κ2) is 6.31. The van der Waals surface area contributed by atoms with Crippen molar-refractivity contribution in [3.8, 4) is 0 Å². The molecule has 2 aromatic rings. The van der Waals surface area contributed by atoms with Crippen molar-refractivity contribution in [1.29, 1.82) is 0 Å². The van der Waals surface area contributed by atoms with Crippen molar-refractivity contribution in [3.05, 3.63) is 65.7 Å². The van der Waals surface area contributed by atoms with Crippen molar-refractivity contribution in [2.45, 2.75) is 25.8 Å². The molecular formula is C19H24N2. The van der Waals surface area contributed by atoms with Crippen LogP contribution in [0.15, 0.2) is 54.6 Å². The van der Waals surface area contributed by atoms with E-state index in [1.165, 1.54) is 16.8 Å². The molecule has 0 amide bonds. The quantitative estimate of drug-likeness (QED) is 0.915. The van der Waals surface area contributed by atoms with Gasteiger partial charge in [0.25, 0.3) is 0 Å². The van der Waals surface area contributed by atoms with E-state index in [0.717, 1.165) is 19.6 Å². The average molecular weight is 280 g/mol.